The van der Waals surface area contributed by atoms with Crippen molar-refractivity contribution in [2.45, 2.75) is 6.92 Å². The van der Waals surface area contributed by atoms with E-state index in [4.69, 9.17) is 16.3 Å². The first kappa shape index (κ1) is 25.5. The van der Waals surface area contributed by atoms with Crippen LogP contribution in [0.1, 0.15) is 26.4 Å². The first-order chi connectivity index (χ1) is 18.4. The number of methoxy groups -OCH3 is 1. The van der Waals surface area contributed by atoms with Crippen molar-refractivity contribution in [3.63, 3.8) is 0 Å². The predicted octanol–water partition coefficient (Wildman–Crippen LogP) is 5.85. The zero-order valence-electron chi connectivity index (χ0n) is 21.2. The van der Waals surface area contributed by atoms with Gasteiger partial charge in [0.25, 0.3) is 11.8 Å². The van der Waals surface area contributed by atoms with E-state index in [9.17, 15) is 14.0 Å². The highest BCUT2D eigenvalue weighted by Crippen LogP contribution is 2.32. The van der Waals surface area contributed by atoms with Gasteiger partial charge in [-0.1, -0.05) is 23.7 Å². The average Bonchev–Trinajstić information content (AvgIpc) is 3.29. The SMILES string of the molecule is COc1ccc(-c2cc(C(=O)N3CCN(C(=O)c4ccc(Cl)cc4)CC3)c(C)n2-c2ccccc2F)cc1. The number of rotatable bonds is 5. The van der Waals surface area contributed by atoms with Crippen LogP contribution in [0.2, 0.25) is 5.02 Å². The van der Waals surface area contributed by atoms with Gasteiger partial charge in [0.1, 0.15) is 11.6 Å². The second-order valence-electron chi connectivity index (χ2n) is 9.14. The number of ether oxygens (including phenoxy) is 1. The van der Waals surface area contributed by atoms with Gasteiger partial charge in [0.15, 0.2) is 0 Å². The lowest BCUT2D eigenvalue weighted by Crippen LogP contribution is -2.50. The van der Waals surface area contributed by atoms with Crippen LogP contribution in [0.4, 0.5) is 4.39 Å². The first-order valence-electron chi connectivity index (χ1n) is 12.3. The molecule has 1 aromatic heterocycles. The minimum atomic E-state index is -0.380. The number of carbonyl (C=O) groups excluding carboxylic acids is 2. The van der Waals surface area contributed by atoms with Gasteiger partial charge in [-0.15, -0.1) is 0 Å². The van der Waals surface area contributed by atoms with E-state index < -0.39 is 0 Å². The molecule has 1 aliphatic heterocycles. The maximum absolute atomic E-state index is 14.9. The van der Waals surface area contributed by atoms with Crippen molar-refractivity contribution >= 4 is 23.4 Å². The molecule has 0 aliphatic carbocycles. The Morgan fingerprint density at radius 1 is 0.842 bits per heavy atom. The molecule has 5 rings (SSSR count). The third-order valence-electron chi connectivity index (χ3n) is 6.90. The Morgan fingerprint density at radius 2 is 1.45 bits per heavy atom. The smallest absolute Gasteiger partial charge is 0.255 e. The molecule has 8 heteroatoms. The molecule has 1 fully saturated rings. The number of hydrogen-bond donors (Lipinski definition) is 0. The molecule has 0 bridgehead atoms. The summed E-state index contributed by atoms with van der Waals surface area (Å²) in [6.07, 6.45) is 0. The molecule has 4 aromatic rings. The van der Waals surface area contributed by atoms with Crippen LogP contribution in [-0.2, 0) is 0 Å². The van der Waals surface area contributed by atoms with Crippen LogP contribution in [0.3, 0.4) is 0 Å². The summed E-state index contributed by atoms with van der Waals surface area (Å²) in [6, 6.07) is 22.6. The van der Waals surface area contributed by atoms with Gasteiger partial charge in [-0.2, -0.15) is 0 Å². The number of benzene rings is 3. The Bertz CT molecular complexity index is 1470. The molecule has 0 radical (unpaired) electrons. The van der Waals surface area contributed by atoms with Gasteiger partial charge in [-0.3, -0.25) is 9.59 Å². The summed E-state index contributed by atoms with van der Waals surface area (Å²) in [6.45, 7) is 3.48. The Morgan fingerprint density at radius 3 is 2.05 bits per heavy atom. The lowest BCUT2D eigenvalue weighted by atomic mass is 10.1. The topological polar surface area (TPSA) is 54.8 Å². The van der Waals surface area contributed by atoms with E-state index in [2.05, 4.69) is 0 Å². The van der Waals surface area contributed by atoms with Crippen LogP contribution in [-0.4, -0.2) is 59.5 Å². The maximum atomic E-state index is 14.9. The number of hydrogen-bond acceptors (Lipinski definition) is 3. The fourth-order valence-electron chi connectivity index (χ4n) is 4.80. The van der Waals surface area contributed by atoms with E-state index in [1.807, 2.05) is 37.3 Å². The third-order valence-corrected chi connectivity index (χ3v) is 7.15. The molecule has 1 aliphatic rings. The molecule has 0 spiro atoms. The van der Waals surface area contributed by atoms with Crippen molar-refractivity contribution in [2.24, 2.45) is 0 Å². The van der Waals surface area contributed by atoms with Gasteiger partial charge in [0.2, 0.25) is 0 Å². The number of nitrogens with zero attached hydrogens (tertiary/aromatic N) is 3. The highest BCUT2D eigenvalue weighted by Gasteiger charge is 2.29. The van der Waals surface area contributed by atoms with Crippen LogP contribution in [0.15, 0.2) is 78.9 Å². The molecule has 2 amide bonds. The summed E-state index contributed by atoms with van der Waals surface area (Å²) < 4.78 is 22.0. The van der Waals surface area contributed by atoms with Crippen LogP contribution in [0.5, 0.6) is 5.75 Å². The fourth-order valence-corrected chi connectivity index (χ4v) is 4.93. The zero-order valence-corrected chi connectivity index (χ0v) is 21.9. The summed E-state index contributed by atoms with van der Waals surface area (Å²) in [5.41, 5.74) is 3.61. The molecule has 3 aromatic carbocycles. The van der Waals surface area contributed by atoms with E-state index in [0.717, 1.165) is 5.56 Å². The second kappa shape index (κ2) is 10.7. The van der Waals surface area contributed by atoms with Crippen LogP contribution >= 0.6 is 11.6 Å². The molecule has 6 nitrogen and oxygen atoms in total. The monoisotopic (exact) mass is 531 g/mol. The van der Waals surface area contributed by atoms with Crippen LogP contribution < -0.4 is 4.74 Å². The molecular formula is C30H27ClFN3O3. The minimum absolute atomic E-state index is 0.0857. The van der Waals surface area contributed by atoms with Gasteiger partial charge < -0.3 is 19.1 Å². The number of carbonyl (C=O) groups is 2. The second-order valence-corrected chi connectivity index (χ2v) is 9.57. The van der Waals surface area contributed by atoms with Gasteiger partial charge in [0.05, 0.1) is 24.1 Å². The zero-order chi connectivity index (χ0) is 26.8. The molecule has 2 heterocycles. The van der Waals surface area contributed by atoms with Crippen molar-refractivity contribution in [1.29, 1.82) is 0 Å². The molecular weight excluding hydrogens is 505 g/mol. The Balaban J connectivity index is 1.42. The molecule has 0 saturated carbocycles. The molecule has 0 N–H and O–H groups in total. The molecule has 1 saturated heterocycles. The average molecular weight is 532 g/mol. The largest absolute Gasteiger partial charge is 0.497 e. The van der Waals surface area contributed by atoms with Crippen LogP contribution in [0, 0.1) is 12.7 Å². The van der Waals surface area contributed by atoms with Gasteiger partial charge in [0, 0.05) is 42.5 Å². The van der Waals surface area contributed by atoms with Gasteiger partial charge in [-0.25, -0.2) is 4.39 Å². The number of para-hydroxylation sites is 1. The summed E-state index contributed by atoms with van der Waals surface area (Å²) in [5, 5.41) is 0.573. The lowest BCUT2D eigenvalue weighted by Gasteiger charge is -2.35. The van der Waals surface area contributed by atoms with Crippen LogP contribution in [0.25, 0.3) is 16.9 Å². The van der Waals surface area contributed by atoms with Gasteiger partial charge >= 0.3 is 0 Å². The maximum Gasteiger partial charge on any atom is 0.255 e. The summed E-state index contributed by atoms with van der Waals surface area (Å²) >= 11 is 5.94. The summed E-state index contributed by atoms with van der Waals surface area (Å²) in [4.78, 5) is 30.1. The van der Waals surface area contributed by atoms with E-state index in [1.165, 1.54) is 6.07 Å². The number of amides is 2. The van der Waals surface area contributed by atoms with E-state index in [1.54, 1.807) is 63.9 Å². The minimum Gasteiger partial charge on any atom is -0.497 e. The van der Waals surface area contributed by atoms with Crippen molar-refractivity contribution < 1.29 is 18.7 Å². The number of piperazine rings is 1. The summed E-state index contributed by atoms with van der Waals surface area (Å²) in [5.74, 6) is 0.0921. The van der Waals surface area contributed by atoms with Crippen molar-refractivity contribution in [2.75, 3.05) is 33.3 Å². The highest BCUT2D eigenvalue weighted by molar-refractivity contribution is 6.30. The lowest BCUT2D eigenvalue weighted by molar-refractivity contribution is 0.0535. The fraction of sp³-hybridized carbons (Fsp3) is 0.200. The van der Waals surface area contributed by atoms with Crippen molar-refractivity contribution in [3.8, 4) is 22.7 Å². The standard InChI is InChI=1S/C30H27ClFN3O3/c1-20-25(30(37)34-17-15-33(16-18-34)29(36)22-7-11-23(31)12-8-22)19-28(21-9-13-24(38-2)14-10-21)35(20)27-6-4-3-5-26(27)32/h3-14,19H,15-18H2,1-2H3. The van der Waals surface area contributed by atoms with E-state index in [0.29, 0.717) is 65.2 Å². The number of halogens is 2. The summed E-state index contributed by atoms with van der Waals surface area (Å²) in [7, 11) is 1.60. The third kappa shape index (κ3) is 4.89. The Labute approximate surface area is 225 Å². The number of aromatic nitrogens is 1. The van der Waals surface area contributed by atoms with Crippen molar-refractivity contribution in [3.05, 3.63) is 107 Å². The van der Waals surface area contributed by atoms with Crippen molar-refractivity contribution in [1.82, 2.24) is 14.4 Å². The Kier molecular flexibility index (Phi) is 7.20. The molecule has 0 atom stereocenters. The highest BCUT2D eigenvalue weighted by atomic mass is 35.5. The quantitative estimate of drug-likeness (QED) is 0.324. The molecule has 0 unspecified atom stereocenters. The normalized spacial score (nSPS) is 13.5. The molecule has 38 heavy (non-hydrogen) atoms. The predicted molar refractivity (Wildman–Crippen MR) is 146 cm³/mol. The first-order valence-corrected chi connectivity index (χ1v) is 12.7. The Hall–Kier alpha value is -4.10. The molecule has 194 valence electrons. The van der Waals surface area contributed by atoms with E-state index >= 15 is 0 Å². The van der Waals surface area contributed by atoms with E-state index in [-0.39, 0.29) is 17.6 Å². The van der Waals surface area contributed by atoms with Gasteiger partial charge in [-0.05, 0) is 79.2 Å².